The highest BCUT2D eigenvalue weighted by atomic mass is 35.5. The fraction of sp³-hybridized carbons (Fsp3) is 0.200. The normalized spacial score (nSPS) is 12.8. The molecule has 134 valence electrons. The quantitative estimate of drug-likeness (QED) is 0.567. The number of non-ortho nitro benzene ring substituents is 1. The summed E-state index contributed by atoms with van der Waals surface area (Å²) >= 11 is 11.8. The van der Waals surface area contributed by atoms with E-state index >= 15 is 0 Å². The predicted octanol–water partition coefficient (Wildman–Crippen LogP) is 3.05. The van der Waals surface area contributed by atoms with E-state index in [0.29, 0.717) is 15.6 Å². The Balaban J connectivity index is 2.46. The number of benzene rings is 2. The molecule has 0 amide bonds. The molecule has 0 saturated carbocycles. The van der Waals surface area contributed by atoms with Gasteiger partial charge in [0, 0.05) is 18.2 Å². The number of halogens is 2. The summed E-state index contributed by atoms with van der Waals surface area (Å²) in [6.45, 7) is 0. The van der Waals surface area contributed by atoms with Crippen LogP contribution in [0.15, 0.2) is 41.3 Å². The average molecular weight is 404 g/mol. The van der Waals surface area contributed by atoms with E-state index in [1.807, 2.05) is 0 Å². The van der Waals surface area contributed by atoms with Crippen molar-refractivity contribution in [1.29, 1.82) is 0 Å². The third kappa shape index (κ3) is 4.47. The molecule has 0 bridgehead atoms. The second kappa shape index (κ2) is 7.67. The molecule has 0 radical (unpaired) electrons. The zero-order valence-electron chi connectivity index (χ0n) is 13.1. The molecule has 0 saturated heterocycles. The summed E-state index contributed by atoms with van der Waals surface area (Å²) in [6.07, 6.45) is 0.0654. The van der Waals surface area contributed by atoms with Crippen molar-refractivity contribution in [2.24, 2.45) is 5.73 Å². The van der Waals surface area contributed by atoms with Crippen LogP contribution in [0.2, 0.25) is 10.0 Å². The van der Waals surface area contributed by atoms with E-state index in [2.05, 4.69) is 4.72 Å². The van der Waals surface area contributed by atoms with Crippen LogP contribution in [-0.4, -0.2) is 20.4 Å². The van der Waals surface area contributed by atoms with Gasteiger partial charge in [-0.2, -0.15) is 0 Å². The van der Waals surface area contributed by atoms with Crippen LogP contribution in [0, 0.1) is 10.1 Å². The number of nitrogens with two attached hydrogens (primary N) is 1. The standard InChI is InChI=1S/C15H15Cl2N3O4S/c1-19-25(23,24)15-5-3-11(20(21)22)6-10(15)8-14(18)9-2-4-12(16)13(17)7-9/h2-7,14,19H,8,18H2,1H3/t14-/m0/s1. The van der Waals surface area contributed by atoms with Crippen LogP contribution in [0.4, 0.5) is 5.69 Å². The predicted molar refractivity (Wildman–Crippen MR) is 96.4 cm³/mol. The maximum Gasteiger partial charge on any atom is 0.269 e. The Hall–Kier alpha value is -1.71. The fourth-order valence-corrected chi connectivity index (χ4v) is 3.57. The minimum atomic E-state index is -3.79. The summed E-state index contributed by atoms with van der Waals surface area (Å²) in [4.78, 5) is 10.3. The Morgan fingerprint density at radius 1 is 1.20 bits per heavy atom. The van der Waals surface area contributed by atoms with Crippen LogP contribution in [0.3, 0.4) is 0 Å². The molecule has 25 heavy (non-hydrogen) atoms. The maximum absolute atomic E-state index is 12.2. The molecule has 0 spiro atoms. The number of nitrogens with zero attached hydrogens (tertiary/aromatic N) is 1. The first-order valence-electron chi connectivity index (χ1n) is 7.07. The first kappa shape index (κ1) is 19.6. The van der Waals surface area contributed by atoms with Gasteiger partial charge in [-0.3, -0.25) is 10.1 Å². The van der Waals surface area contributed by atoms with Crippen molar-refractivity contribution in [3.63, 3.8) is 0 Å². The Morgan fingerprint density at radius 2 is 1.88 bits per heavy atom. The number of nitro groups is 1. The molecule has 0 aliphatic rings. The van der Waals surface area contributed by atoms with Crippen molar-refractivity contribution >= 4 is 38.9 Å². The maximum atomic E-state index is 12.2. The third-order valence-corrected chi connectivity index (χ3v) is 5.88. The van der Waals surface area contributed by atoms with E-state index in [0.717, 1.165) is 6.07 Å². The van der Waals surface area contributed by atoms with E-state index < -0.39 is 21.0 Å². The van der Waals surface area contributed by atoms with E-state index in [4.69, 9.17) is 28.9 Å². The lowest BCUT2D eigenvalue weighted by Crippen LogP contribution is -2.22. The highest BCUT2D eigenvalue weighted by Crippen LogP contribution is 2.29. The lowest BCUT2D eigenvalue weighted by atomic mass is 9.99. The van der Waals surface area contributed by atoms with Gasteiger partial charge in [-0.25, -0.2) is 13.1 Å². The molecule has 7 nitrogen and oxygen atoms in total. The summed E-state index contributed by atoms with van der Waals surface area (Å²) in [7, 11) is -2.53. The van der Waals surface area contributed by atoms with Crippen LogP contribution in [0.1, 0.15) is 17.2 Å². The summed E-state index contributed by atoms with van der Waals surface area (Å²) in [5, 5.41) is 11.7. The number of hydrogen-bond acceptors (Lipinski definition) is 5. The molecule has 2 aromatic rings. The zero-order valence-corrected chi connectivity index (χ0v) is 15.4. The van der Waals surface area contributed by atoms with Crippen molar-refractivity contribution in [3.8, 4) is 0 Å². The van der Waals surface area contributed by atoms with Gasteiger partial charge < -0.3 is 5.73 Å². The lowest BCUT2D eigenvalue weighted by Gasteiger charge is -2.16. The van der Waals surface area contributed by atoms with Crippen molar-refractivity contribution in [3.05, 3.63) is 67.7 Å². The van der Waals surface area contributed by atoms with Crippen LogP contribution < -0.4 is 10.5 Å². The first-order valence-corrected chi connectivity index (χ1v) is 9.31. The number of sulfonamides is 1. The number of nitro benzene ring substituents is 1. The Labute approximate surface area is 154 Å². The van der Waals surface area contributed by atoms with E-state index in [1.54, 1.807) is 18.2 Å². The SMILES string of the molecule is CNS(=O)(=O)c1ccc([N+](=O)[O-])cc1C[C@H](N)c1ccc(Cl)c(Cl)c1. The molecule has 0 heterocycles. The first-order chi connectivity index (χ1) is 11.7. The van der Waals surface area contributed by atoms with Gasteiger partial charge in [-0.05, 0) is 42.8 Å². The van der Waals surface area contributed by atoms with Gasteiger partial charge in [0.25, 0.3) is 5.69 Å². The van der Waals surface area contributed by atoms with E-state index in [-0.39, 0.29) is 22.6 Å². The van der Waals surface area contributed by atoms with Crippen molar-refractivity contribution in [2.45, 2.75) is 17.4 Å². The topological polar surface area (TPSA) is 115 Å². The molecule has 1 atom stereocenters. The van der Waals surface area contributed by atoms with Gasteiger partial charge in [-0.1, -0.05) is 29.3 Å². The van der Waals surface area contributed by atoms with E-state index in [1.165, 1.54) is 19.2 Å². The van der Waals surface area contributed by atoms with Crippen molar-refractivity contribution < 1.29 is 13.3 Å². The summed E-state index contributed by atoms with van der Waals surface area (Å²) < 4.78 is 26.5. The number of hydrogen-bond donors (Lipinski definition) is 2. The molecule has 10 heteroatoms. The summed E-state index contributed by atoms with van der Waals surface area (Å²) in [5.41, 5.74) is 6.79. The Morgan fingerprint density at radius 3 is 2.44 bits per heavy atom. The smallest absolute Gasteiger partial charge is 0.269 e. The van der Waals surface area contributed by atoms with E-state index in [9.17, 15) is 18.5 Å². The van der Waals surface area contributed by atoms with Crippen LogP contribution in [-0.2, 0) is 16.4 Å². The van der Waals surface area contributed by atoms with Gasteiger partial charge in [-0.15, -0.1) is 0 Å². The molecule has 0 fully saturated rings. The van der Waals surface area contributed by atoms with Crippen LogP contribution >= 0.6 is 23.2 Å². The zero-order chi connectivity index (χ0) is 18.8. The molecular weight excluding hydrogens is 389 g/mol. The average Bonchev–Trinajstić information content (AvgIpc) is 2.56. The molecule has 3 N–H and O–H groups in total. The highest BCUT2D eigenvalue weighted by molar-refractivity contribution is 7.89. The number of nitrogens with one attached hydrogen (secondary N) is 1. The largest absolute Gasteiger partial charge is 0.324 e. The van der Waals surface area contributed by atoms with Gasteiger partial charge in [0.1, 0.15) is 0 Å². The van der Waals surface area contributed by atoms with Crippen LogP contribution in [0.25, 0.3) is 0 Å². The Kier molecular flexibility index (Phi) is 6.02. The molecule has 0 aliphatic carbocycles. The van der Waals surface area contributed by atoms with Crippen molar-refractivity contribution in [1.82, 2.24) is 4.72 Å². The van der Waals surface area contributed by atoms with Crippen LogP contribution in [0.5, 0.6) is 0 Å². The molecular formula is C15H15Cl2N3O4S. The Bertz CT molecular complexity index is 919. The minimum absolute atomic E-state index is 0.0592. The van der Waals surface area contributed by atoms with Gasteiger partial charge in [0.2, 0.25) is 10.0 Å². The summed E-state index contributed by atoms with van der Waals surface area (Å²) in [6, 6.07) is 7.75. The summed E-state index contributed by atoms with van der Waals surface area (Å²) in [5.74, 6) is 0. The lowest BCUT2D eigenvalue weighted by molar-refractivity contribution is -0.385. The molecule has 0 aliphatic heterocycles. The highest BCUT2D eigenvalue weighted by Gasteiger charge is 2.22. The van der Waals surface area contributed by atoms with Gasteiger partial charge in [0.15, 0.2) is 0 Å². The fourth-order valence-electron chi connectivity index (χ4n) is 2.31. The number of rotatable bonds is 6. The molecule has 2 rings (SSSR count). The monoisotopic (exact) mass is 403 g/mol. The van der Waals surface area contributed by atoms with Gasteiger partial charge >= 0.3 is 0 Å². The third-order valence-electron chi connectivity index (χ3n) is 3.62. The molecule has 0 aromatic heterocycles. The van der Waals surface area contributed by atoms with Gasteiger partial charge in [0.05, 0.1) is 19.9 Å². The molecule has 0 unspecified atom stereocenters. The minimum Gasteiger partial charge on any atom is -0.324 e. The second-order valence-electron chi connectivity index (χ2n) is 5.24. The second-order valence-corrected chi connectivity index (χ2v) is 7.91. The van der Waals surface area contributed by atoms with Crippen molar-refractivity contribution in [2.75, 3.05) is 7.05 Å². The molecule has 2 aromatic carbocycles.